The molecule has 3 nitrogen and oxygen atoms in total. The lowest BCUT2D eigenvalue weighted by Crippen LogP contribution is -2.31. The summed E-state index contributed by atoms with van der Waals surface area (Å²) in [6.45, 7) is 5.58. The number of likely N-dealkylation sites (tertiary alicyclic amines) is 1. The van der Waals surface area contributed by atoms with Gasteiger partial charge < -0.3 is 9.80 Å². The molecule has 1 saturated heterocycles. The quantitative estimate of drug-likeness (QED) is 0.793. The maximum Gasteiger partial charge on any atom is 0.0995 e. The number of hydrogen-bond donors (Lipinski definition) is 0. The van der Waals surface area contributed by atoms with Crippen LogP contribution < -0.4 is 0 Å². The van der Waals surface area contributed by atoms with Gasteiger partial charge in [-0.15, -0.1) is 0 Å². The van der Waals surface area contributed by atoms with Crippen LogP contribution in [0.2, 0.25) is 0 Å². The van der Waals surface area contributed by atoms with Crippen molar-refractivity contribution < 1.29 is 0 Å². The summed E-state index contributed by atoms with van der Waals surface area (Å²) in [4.78, 5) is 4.82. The fourth-order valence-corrected chi connectivity index (χ4v) is 2.46. The van der Waals surface area contributed by atoms with Gasteiger partial charge in [0.15, 0.2) is 0 Å². The Labute approximate surface area is 110 Å². The third kappa shape index (κ3) is 3.56. The third-order valence-corrected chi connectivity index (χ3v) is 3.57. The van der Waals surface area contributed by atoms with E-state index < -0.39 is 0 Å². The highest BCUT2D eigenvalue weighted by molar-refractivity contribution is 5.37. The summed E-state index contributed by atoms with van der Waals surface area (Å²) < 4.78 is 0. The first-order chi connectivity index (χ1) is 8.79. The molecule has 1 fully saturated rings. The zero-order valence-electron chi connectivity index (χ0n) is 11.1. The largest absolute Gasteiger partial charge is 0.302 e. The molecule has 0 aliphatic carbocycles. The molecular weight excluding hydrogens is 222 g/mol. The monoisotopic (exact) mass is 243 g/mol. The number of rotatable bonds is 5. The fourth-order valence-electron chi connectivity index (χ4n) is 2.46. The summed E-state index contributed by atoms with van der Waals surface area (Å²) in [6, 6.07) is 10.1. The van der Waals surface area contributed by atoms with Crippen LogP contribution in [0.4, 0.5) is 0 Å². The topological polar surface area (TPSA) is 30.3 Å². The summed E-state index contributed by atoms with van der Waals surface area (Å²) in [5, 5.41) is 9.06. The van der Waals surface area contributed by atoms with Crippen molar-refractivity contribution in [1.29, 1.82) is 5.26 Å². The van der Waals surface area contributed by atoms with Gasteiger partial charge in [0.1, 0.15) is 0 Å². The Morgan fingerprint density at radius 3 is 2.72 bits per heavy atom. The minimum Gasteiger partial charge on any atom is -0.302 e. The molecule has 0 N–H and O–H groups in total. The van der Waals surface area contributed by atoms with Crippen LogP contribution in [-0.2, 0) is 6.54 Å². The van der Waals surface area contributed by atoms with Crippen molar-refractivity contribution in [3.05, 3.63) is 35.4 Å². The summed E-state index contributed by atoms with van der Waals surface area (Å²) in [6.07, 6.45) is 2.70. The van der Waals surface area contributed by atoms with E-state index in [-0.39, 0.29) is 0 Å². The highest BCUT2D eigenvalue weighted by Gasteiger charge is 2.12. The lowest BCUT2D eigenvalue weighted by atomic mass is 10.1. The average Bonchev–Trinajstić information content (AvgIpc) is 2.90. The van der Waals surface area contributed by atoms with Gasteiger partial charge in [0.05, 0.1) is 11.6 Å². The second kappa shape index (κ2) is 6.53. The van der Waals surface area contributed by atoms with Crippen LogP contribution in [0.3, 0.4) is 0 Å². The summed E-state index contributed by atoms with van der Waals surface area (Å²) >= 11 is 0. The number of nitriles is 1. The Morgan fingerprint density at radius 1 is 1.28 bits per heavy atom. The molecule has 2 rings (SSSR count). The van der Waals surface area contributed by atoms with Gasteiger partial charge in [0.25, 0.3) is 0 Å². The van der Waals surface area contributed by atoms with Crippen LogP contribution in [0.1, 0.15) is 24.0 Å². The molecule has 0 aromatic heterocycles. The maximum atomic E-state index is 9.06. The zero-order valence-corrected chi connectivity index (χ0v) is 11.1. The number of hydrogen-bond acceptors (Lipinski definition) is 3. The van der Waals surface area contributed by atoms with E-state index in [2.05, 4.69) is 22.9 Å². The standard InChI is InChI=1S/C15H21N3/c1-17(10-11-18-8-4-5-9-18)13-15-7-3-2-6-14(15)12-16/h2-3,6-7H,4-5,8-11,13H2,1H3. The highest BCUT2D eigenvalue weighted by Crippen LogP contribution is 2.11. The van der Waals surface area contributed by atoms with Crippen molar-refractivity contribution in [2.24, 2.45) is 0 Å². The first-order valence-corrected chi connectivity index (χ1v) is 6.68. The van der Waals surface area contributed by atoms with Crippen molar-refractivity contribution in [3.63, 3.8) is 0 Å². The molecule has 0 radical (unpaired) electrons. The Hall–Kier alpha value is -1.37. The molecule has 1 aliphatic rings. The van der Waals surface area contributed by atoms with Crippen molar-refractivity contribution in [1.82, 2.24) is 9.80 Å². The van der Waals surface area contributed by atoms with Crippen molar-refractivity contribution in [2.45, 2.75) is 19.4 Å². The van der Waals surface area contributed by atoms with E-state index in [0.29, 0.717) is 0 Å². The van der Waals surface area contributed by atoms with Crippen molar-refractivity contribution in [2.75, 3.05) is 33.2 Å². The first-order valence-electron chi connectivity index (χ1n) is 6.68. The van der Waals surface area contributed by atoms with E-state index in [4.69, 9.17) is 5.26 Å². The molecule has 0 spiro atoms. The second-order valence-electron chi connectivity index (χ2n) is 5.06. The van der Waals surface area contributed by atoms with Gasteiger partial charge >= 0.3 is 0 Å². The molecule has 96 valence electrons. The Bertz CT molecular complexity index is 416. The molecule has 0 atom stereocenters. The van der Waals surface area contributed by atoms with E-state index in [1.807, 2.05) is 24.3 Å². The van der Waals surface area contributed by atoms with Gasteiger partial charge in [-0.05, 0) is 44.6 Å². The lowest BCUT2D eigenvalue weighted by Gasteiger charge is -2.21. The van der Waals surface area contributed by atoms with Gasteiger partial charge in [0, 0.05) is 19.6 Å². The molecule has 1 heterocycles. The van der Waals surface area contributed by atoms with Crippen LogP contribution in [0, 0.1) is 11.3 Å². The number of likely N-dealkylation sites (N-methyl/N-ethyl adjacent to an activating group) is 1. The van der Waals surface area contributed by atoms with Gasteiger partial charge in [-0.3, -0.25) is 0 Å². The molecule has 1 aromatic carbocycles. The summed E-state index contributed by atoms with van der Waals surface area (Å²) in [7, 11) is 2.13. The van der Waals surface area contributed by atoms with Crippen LogP contribution in [-0.4, -0.2) is 43.0 Å². The fraction of sp³-hybridized carbons (Fsp3) is 0.533. The molecule has 0 bridgehead atoms. The molecule has 0 unspecified atom stereocenters. The van der Waals surface area contributed by atoms with Crippen molar-refractivity contribution in [3.8, 4) is 6.07 Å². The predicted octanol–water partition coefficient (Wildman–Crippen LogP) is 2.09. The molecule has 1 aromatic rings. The van der Waals surface area contributed by atoms with E-state index in [1.165, 1.54) is 25.9 Å². The maximum absolute atomic E-state index is 9.06. The SMILES string of the molecule is CN(CCN1CCCC1)Cc1ccccc1C#N. The Kier molecular flexibility index (Phi) is 4.74. The Morgan fingerprint density at radius 2 is 2.00 bits per heavy atom. The van der Waals surface area contributed by atoms with E-state index in [9.17, 15) is 0 Å². The molecule has 0 amide bonds. The molecular formula is C15H21N3. The lowest BCUT2D eigenvalue weighted by molar-refractivity contribution is 0.252. The second-order valence-corrected chi connectivity index (χ2v) is 5.06. The van der Waals surface area contributed by atoms with E-state index >= 15 is 0 Å². The van der Waals surface area contributed by atoms with E-state index in [1.54, 1.807) is 0 Å². The van der Waals surface area contributed by atoms with Crippen molar-refractivity contribution >= 4 is 0 Å². The minimum atomic E-state index is 0.797. The van der Waals surface area contributed by atoms with Gasteiger partial charge in [0.2, 0.25) is 0 Å². The predicted molar refractivity (Wildman–Crippen MR) is 73.2 cm³/mol. The van der Waals surface area contributed by atoms with E-state index in [0.717, 1.165) is 30.8 Å². The van der Waals surface area contributed by atoms with Crippen LogP contribution in [0.25, 0.3) is 0 Å². The number of benzene rings is 1. The minimum absolute atomic E-state index is 0.797. The smallest absolute Gasteiger partial charge is 0.0995 e. The Balaban J connectivity index is 1.83. The van der Waals surface area contributed by atoms with Gasteiger partial charge in [-0.25, -0.2) is 0 Å². The van der Waals surface area contributed by atoms with Crippen LogP contribution in [0.5, 0.6) is 0 Å². The molecule has 1 aliphatic heterocycles. The van der Waals surface area contributed by atoms with Gasteiger partial charge in [-0.2, -0.15) is 5.26 Å². The normalized spacial score (nSPS) is 16.1. The van der Waals surface area contributed by atoms with Crippen LogP contribution in [0.15, 0.2) is 24.3 Å². The zero-order chi connectivity index (χ0) is 12.8. The molecule has 3 heteroatoms. The van der Waals surface area contributed by atoms with Crippen LogP contribution >= 0.6 is 0 Å². The number of nitrogens with zero attached hydrogens (tertiary/aromatic N) is 3. The molecule has 18 heavy (non-hydrogen) atoms. The highest BCUT2D eigenvalue weighted by atomic mass is 15.2. The van der Waals surface area contributed by atoms with Gasteiger partial charge in [-0.1, -0.05) is 18.2 Å². The third-order valence-electron chi connectivity index (χ3n) is 3.57. The summed E-state index contributed by atoms with van der Waals surface area (Å²) in [5.41, 5.74) is 1.93. The molecule has 0 saturated carbocycles. The average molecular weight is 243 g/mol. The summed E-state index contributed by atoms with van der Waals surface area (Å²) in [5.74, 6) is 0. The first kappa shape index (κ1) is 13.1.